The molecular weight excluding hydrogens is 241 g/mol. The lowest BCUT2D eigenvalue weighted by Gasteiger charge is -2.02. The maximum atomic E-state index is 13.4. The highest BCUT2D eigenvalue weighted by Crippen LogP contribution is 2.31. The molecule has 1 N–H and O–H groups in total. The summed E-state index contributed by atoms with van der Waals surface area (Å²) in [5, 5.41) is 12.1. The second kappa shape index (κ2) is 3.89. The Balaban J connectivity index is 2.63. The molecule has 0 fully saturated rings. The Labute approximate surface area is 91.5 Å². The summed E-state index contributed by atoms with van der Waals surface area (Å²) in [6.45, 7) is 0. The van der Waals surface area contributed by atoms with Crippen LogP contribution in [0.15, 0.2) is 10.6 Å². The van der Waals surface area contributed by atoms with Crippen LogP contribution in [0.2, 0.25) is 0 Å². The zero-order chi connectivity index (χ0) is 12.6. The van der Waals surface area contributed by atoms with Gasteiger partial charge in [0.05, 0.1) is 5.56 Å². The Hall–Kier alpha value is -2.38. The summed E-state index contributed by atoms with van der Waals surface area (Å²) in [7, 11) is 0. The van der Waals surface area contributed by atoms with Crippen molar-refractivity contribution in [1.29, 1.82) is 0 Å². The first-order valence-electron chi connectivity index (χ1n) is 4.20. The van der Waals surface area contributed by atoms with Gasteiger partial charge in [0.25, 0.3) is 5.89 Å². The first-order valence-corrected chi connectivity index (χ1v) is 4.20. The van der Waals surface area contributed by atoms with E-state index in [2.05, 4.69) is 14.7 Å². The Morgan fingerprint density at radius 2 is 2.00 bits per heavy atom. The molecule has 0 radical (unpaired) electrons. The van der Waals surface area contributed by atoms with Gasteiger partial charge in [0.2, 0.25) is 11.6 Å². The number of benzene rings is 1. The highest BCUT2D eigenvalue weighted by Gasteiger charge is 2.22. The van der Waals surface area contributed by atoms with Crippen LogP contribution in [0, 0.1) is 17.5 Å². The first-order chi connectivity index (χ1) is 8.04. The minimum Gasteiger partial charge on any atom is -0.503 e. The number of hydrogen-bond acceptors (Lipinski definition) is 5. The average molecular weight is 244 g/mol. The minimum atomic E-state index is -1.72. The van der Waals surface area contributed by atoms with Crippen molar-refractivity contribution in [3.8, 4) is 17.2 Å². The van der Waals surface area contributed by atoms with Crippen molar-refractivity contribution in [2.45, 2.75) is 0 Å². The van der Waals surface area contributed by atoms with Gasteiger partial charge in [-0.2, -0.15) is 9.37 Å². The number of carbonyl (C=O) groups is 1. The van der Waals surface area contributed by atoms with Gasteiger partial charge in [-0.15, -0.1) is 0 Å². The SMILES string of the molecule is O=Cc1noc(-c2cc(F)c(F)c(O)c2F)n1. The van der Waals surface area contributed by atoms with Gasteiger partial charge in [-0.05, 0) is 6.07 Å². The fourth-order valence-electron chi connectivity index (χ4n) is 1.14. The number of rotatable bonds is 2. The maximum absolute atomic E-state index is 13.4. The molecule has 5 nitrogen and oxygen atoms in total. The van der Waals surface area contributed by atoms with Gasteiger partial charge in [0.1, 0.15) is 0 Å². The molecule has 0 atom stereocenters. The van der Waals surface area contributed by atoms with Gasteiger partial charge in [0.15, 0.2) is 23.7 Å². The molecule has 88 valence electrons. The molecule has 0 aliphatic heterocycles. The molecule has 17 heavy (non-hydrogen) atoms. The molecule has 0 unspecified atom stereocenters. The quantitative estimate of drug-likeness (QED) is 0.642. The third kappa shape index (κ3) is 1.73. The molecule has 0 amide bonds. The first kappa shape index (κ1) is 11.1. The molecule has 0 saturated carbocycles. The third-order valence-corrected chi connectivity index (χ3v) is 1.91. The number of halogens is 3. The number of carbonyl (C=O) groups excluding carboxylic acids is 1. The van der Waals surface area contributed by atoms with E-state index >= 15 is 0 Å². The van der Waals surface area contributed by atoms with Crippen LogP contribution in [0.4, 0.5) is 13.2 Å². The fraction of sp³-hybridized carbons (Fsp3) is 0. The monoisotopic (exact) mass is 244 g/mol. The molecular formula is C9H3F3N2O3. The topological polar surface area (TPSA) is 76.2 Å². The van der Waals surface area contributed by atoms with Crippen LogP contribution in [0.25, 0.3) is 11.5 Å². The van der Waals surface area contributed by atoms with Crippen LogP contribution in [-0.2, 0) is 0 Å². The van der Waals surface area contributed by atoms with Gasteiger partial charge >= 0.3 is 0 Å². The summed E-state index contributed by atoms with van der Waals surface area (Å²) in [5.74, 6) is -7.08. The third-order valence-electron chi connectivity index (χ3n) is 1.91. The molecule has 8 heteroatoms. The number of nitrogens with zero attached hydrogens (tertiary/aromatic N) is 2. The molecule has 1 heterocycles. The van der Waals surface area contributed by atoms with E-state index in [1.54, 1.807) is 0 Å². The highest BCUT2D eigenvalue weighted by molar-refractivity contribution is 5.70. The van der Waals surface area contributed by atoms with E-state index in [0.717, 1.165) is 0 Å². The molecule has 2 aromatic rings. The van der Waals surface area contributed by atoms with Crippen molar-refractivity contribution in [1.82, 2.24) is 10.1 Å². The Kier molecular flexibility index (Phi) is 2.54. The smallest absolute Gasteiger partial charge is 0.261 e. The van der Waals surface area contributed by atoms with E-state index in [0.29, 0.717) is 6.07 Å². The standard InChI is InChI=1S/C9H3F3N2O3/c10-4-1-3(6(11)8(16)7(4)12)9-13-5(2-15)14-17-9/h1-2,16H. The summed E-state index contributed by atoms with van der Waals surface area (Å²) in [6.07, 6.45) is 0.227. The number of aromatic hydroxyl groups is 1. The molecule has 1 aromatic carbocycles. The summed E-state index contributed by atoms with van der Waals surface area (Å²) in [4.78, 5) is 13.6. The zero-order valence-electron chi connectivity index (χ0n) is 7.95. The van der Waals surface area contributed by atoms with Gasteiger partial charge in [-0.3, -0.25) is 4.79 Å². The second-order valence-electron chi connectivity index (χ2n) is 2.96. The van der Waals surface area contributed by atoms with Gasteiger partial charge in [0, 0.05) is 0 Å². The predicted octanol–water partition coefficient (Wildman–Crippen LogP) is 1.67. The van der Waals surface area contributed by atoms with Crippen LogP contribution < -0.4 is 0 Å². The van der Waals surface area contributed by atoms with Crippen LogP contribution in [-0.4, -0.2) is 21.5 Å². The lowest BCUT2D eigenvalue weighted by Crippen LogP contribution is -1.93. The molecule has 0 bridgehead atoms. The number of aromatic nitrogens is 2. The maximum Gasteiger partial charge on any atom is 0.261 e. The van der Waals surface area contributed by atoms with Gasteiger partial charge < -0.3 is 9.63 Å². The summed E-state index contributed by atoms with van der Waals surface area (Å²) in [6, 6.07) is 0.437. The molecule has 0 aliphatic carbocycles. The second-order valence-corrected chi connectivity index (χ2v) is 2.96. The largest absolute Gasteiger partial charge is 0.503 e. The fourth-order valence-corrected chi connectivity index (χ4v) is 1.14. The van der Waals surface area contributed by atoms with Crippen LogP contribution >= 0.6 is 0 Å². The molecule has 0 saturated heterocycles. The normalized spacial score (nSPS) is 10.5. The van der Waals surface area contributed by atoms with E-state index in [4.69, 9.17) is 5.11 Å². The number of phenolic OH excluding ortho intramolecular Hbond substituents is 1. The summed E-state index contributed by atoms with van der Waals surface area (Å²) >= 11 is 0. The average Bonchev–Trinajstić information content (AvgIpc) is 2.79. The van der Waals surface area contributed by atoms with Crippen molar-refractivity contribution in [2.24, 2.45) is 0 Å². The van der Waals surface area contributed by atoms with Crippen LogP contribution in [0.5, 0.6) is 5.75 Å². The lowest BCUT2D eigenvalue weighted by atomic mass is 10.2. The van der Waals surface area contributed by atoms with E-state index in [1.807, 2.05) is 0 Å². The Morgan fingerprint density at radius 3 is 2.59 bits per heavy atom. The lowest BCUT2D eigenvalue weighted by molar-refractivity contribution is 0.111. The number of phenols is 1. The summed E-state index contributed by atoms with van der Waals surface area (Å²) < 4.78 is 43.5. The van der Waals surface area contributed by atoms with Crippen molar-refractivity contribution < 1.29 is 27.6 Å². The predicted molar refractivity (Wildman–Crippen MR) is 46.7 cm³/mol. The van der Waals surface area contributed by atoms with Crippen LogP contribution in [0.3, 0.4) is 0 Å². The van der Waals surface area contributed by atoms with E-state index < -0.39 is 34.7 Å². The Bertz CT molecular complexity index is 597. The summed E-state index contributed by atoms with van der Waals surface area (Å²) in [5.41, 5.74) is -0.637. The molecule has 0 spiro atoms. The van der Waals surface area contributed by atoms with Crippen molar-refractivity contribution in [3.63, 3.8) is 0 Å². The van der Waals surface area contributed by atoms with Gasteiger partial charge in [-0.1, -0.05) is 5.16 Å². The van der Waals surface area contributed by atoms with Crippen molar-refractivity contribution in [3.05, 3.63) is 29.3 Å². The van der Waals surface area contributed by atoms with E-state index in [9.17, 15) is 18.0 Å². The minimum absolute atomic E-state index is 0.227. The molecule has 0 aliphatic rings. The Morgan fingerprint density at radius 1 is 1.29 bits per heavy atom. The van der Waals surface area contributed by atoms with Gasteiger partial charge in [-0.25, -0.2) is 8.78 Å². The number of aldehydes is 1. The van der Waals surface area contributed by atoms with E-state index in [-0.39, 0.29) is 12.1 Å². The molecule has 1 aromatic heterocycles. The highest BCUT2D eigenvalue weighted by atomic mass is 19.2. The zero-order valence-corrected chi connectivity index (χ0v) is 7.95. The molecule has 2 rings (SSSR count). The van der Waals surface area contributed by atoms with Crippen LogP contribution in [0.1, 0.15) is 10.6 Å². The number of hydrogen-bond donors (Lipinski definition) is 1. The van der Waals surface area contributed by atoms with Crippen molar-refractivity contribution >= 4 is 6.29 Å². The van der Waals surface area contributed by atoms with E-state index in [1.165, 1.54) is 0 Å². The van der Waals surface area contributed by atoms with Crippen molar-refractivity contribution in [2.75, 3.05) is 0 Å².